The molecule has 1 saturated carbocycles. The molecule has 1 aromatic heterocycles. The summed E-state index contributed by atoms with van der Waals surface area (Å²) in [6.07, 6.45) is 2.50. The number of rotatable bonds is 6. The highest BCUT2D eigenvalue weighted by molar-refractivity contribution is 7.18. The van der Waals surface area contributed by atoms with Crippen LogP contribution in [-0.4, -0.2) is 22.7 Å². The summed E-state index contributed by atoms with van der Waals surface area (Å²) >= 11 is 7.45. The molecule has 0 unspecified atom stereocenters. The van der Waals surface area contributed by atoms with E-state index >= 15 is 0 Å². The van der Waals surface area contributed by atoms with E-state index in [-0.39, 0.29) is 5.91 Å². The number of carbonyl (C=O) groups is 1. The first-order valence-electron chi connectivity index (χ1n) is 8.31. The number of halogens is 1. The number of ether oxygens (including phenoxy) is 1. The number of hydrogen-bond donors (Lipinski definition) is 1. The molecule has 2 aromatic carbocycles. The number of aromatic nitrogens is 2. The Balaban J connectivity index is 1.40. The van der Waals surface area contributed by atoms with E-state index in [4.69, 9.17) is 16.3 Å². The van der Waals surface area contributed by atoms with Crippen molar-refractivity contribution in [3.8, 4) is 16.3 Å². The lowest BCUT2D eigenvalue weighted by atomic mass is 10.2. The van der Waals surface area contributed by atoms with Crippen LogP contribution in [0.25, 0.3) is 10.6 Å². The predicted molar refractivity (Wildman–Crippen MR) is 103 cm³/mol. The van der Waals surface area contributed by atoms with Crippen LogP contribution in [0.2, 0.25) is 5.02 Å². The SMILES string of the molecule is O=C(Nc1nnc(-c2ccccc2Cl)s1)c1ccc(OCC2CC2)cc1. The lowest BCUT2D eigenvalue weighted by molar-refractivity contribution is 0.102. The van der Waals surface area contributed by atoms with Gasteiger partial charge in [-0.1, -0.05) is 41.1 Å². The van der Waals surface area contributed by atoms with Gasteiger partial charge in [0.2, 0.25) is 5.13 Å². The molecule has 0 spiro atoms. The van der Waals surface area contributed by atoms with E-state index in [9.17, 15) is 4.79 Å². The summed E-state index contributed by atoms with van der Waals surface area (Å²) in [5, 5.41) is 12.6. The van der Waals surface area contributed by atoms with E-state index in [2.05, 4.69) is 15.5 Å². The van der Waals surface area contributed by atoms with Crippen molar-refractivity contribution in [2.24, 2.45) is 5.92 Å². The highest BCUT2D eigenvalue weighted by Gasteiger charge is 2.22. The van der Waals surface area contributed by atoms with E-state index in [0.29, 0.717) is 26.6 Å². The molecule has 0 saturated heterocycles. The van der Waals surface area contributed by atoms with Gasteiger partial charge in [-0.25, -0.2) is 0 Å². The first kappa shape index (κ1) is 17.0. The van der Waals surface area contributed by atoms with Crippen molar-refractivity contribution in [3.05, 3.63) is 59.1 Å². The first-order valence-corrected chi connectivity index (χ1v) is 9.51. The zero-order chi connectivity index (χ0) is 17.9. The third-order valence-electron chi connectivity index (χ3n) is 4.05. The Morgan fingerprint density at radius 3 is 2.65 bits per heavy atom. The van der Waals surface area contributed by atoms with Crippen LogP contribution in [0, 0.1) is 5.92 Å². The zero-order valence-electron chi connectivity index (χ0n) is 13.8. The zero-order valence-corrected chi connectivity index (χ0v) is 15.4. The van der Waals surface area contributed by atoms with E-state index in [1.54, 1.807) is 18.2 Å². The molecular weight excluding hydrogens is 370 g/mol. The molecule has 4 rings (SSSR count). The highest BCUT2D eigenvalue weighted by atomic mass is 35.5. The number of anilines is 1. The van der Waals surface area contributed by atoms with Crippen LogP contribution in [0.15, 0.2) is 48.5 Å². The van der Waals surface area contributed by atoms with Crippen molar-refractivity contribution in [3.63, 3.8) is 0 Å². The van der Waals surface area contributed by atoms with E-state index in [1.807, 2.05) is 30.3 Å². The lowest BCUT2D eigenvalue weighted by Gasteiger charge is -2.06. The van der Waals surface area contributed by atoms with Crippen molar-refractivity contribution in [2.75, 3.05) is 11.9 Å². The average molecular weight is 386 g/mol. The van der Waals surface area contributed by atoms with Crippen LogP contribution in [0.1, 0.15) is 23.2 Å². The van der Waals surface area contributed by atoms with Gasteiger partial charge in [-0.05, 0) is 49.1 Å². The van der Waals surface area contributed by atoms with E-state index < -0.39 is 0 Å². The van der Waals surface area contributed by atoms with Gasteiger partial charge in [-0.3, -0.25) is 10.1 Å². The Hall–Kier alpha value is -2.44. The third kappa shape index (κ3) is 4.03. The number of nitrogens with zero attached hydrogens (tertiary/aromatic N) is 2. The average Bonchev–Trinajstić information content (AvgIpc) is 3.38. The van der Waals surface area contributed by atoms with Crippen molar-refractivity contribution >= 4 is 34.0 Å². The Bertz CT molecular complexity index is 923. The standard InChI is InChI=1S/C19H16ClN3O2S/c20-16-4-2-1-3-15(16)18-22-23-19(26-18)21-17(24)13-7-9-14(10-8-13)25-11-12-5-6-12/h1-4,7-10,12H,5-6,11H2,(H,21,23,24). The molecule has 1 heterocycles. The van der Waals surface area contributed by atoms with Crippen LogP contribution in [-0.2, 0) is 0 Å². The molecule has 1 amide bonds. The van der Waals surface area contributed by atoms with Crippen LogP contribution >= 0.6 is 22.9 Å². The summed E-state index contributed by atoms with van der Waals surface area (Å²) in [5.74, 6) is 1.24. The molecule has 26 heavy (non-hydrogen) atoms. The molecular formula is C19H16ClN3O2S. The molecule has 1 aliphatic rings. The highest BCUT2D eigenvalue weighted by Crippen LogP contribution is 2.32. The first-order chi connectivity index (χ1) is 12.7. The minimum absolute atomic E-state index is 0.236. The van der Waals surface area contributed by atoms with Crippen LogP contribution in [0.3, 0.4) is 0 Å². The summed E-state index contributed by atoms with van der Waals surface area (Å²) in [4.78, 5) is 12.4. The maximum absolute atomic E-state index is 12.4. The fourth-order valence-corrected chi connectivity index (χ4v) is 3.45. The van der Waals surface area contributed by atoms with Crippen molar-refractivity contribution in [1.29, 1.82) is 0 Å². The second-order valence-corrected chi connectivity index (χ2v) is 7.51. The second-order valence-electron chi connectivity index (χ2n) is 6.13. The molecule has 1 N–H and O–H groups in total. The Kier molecular flexibility index (Phi) is 4.86. The Labute approximate surface area is 160 Å². The second kappa shape index (κ2) is 7.43. The van der Waals surface area contributed by atoms with Gasteiger partial charge in [0.05, 0.1) is 11.6 Å². The number of carbonyl (C=O) groups excluding carboxylic acids is 1. The van der Waals surface area contributed by atoms with Crippen molar-refractivity contribution in [2.45, 2.75) is 12.8 Å². The van der Waals surface area contributed by atoms with Gasteiger partial charge in [0.15, 0.2) is 5.01 Å². The van der Waals surface area contributed by atoms with Crippen molar-refractivity contribution in [1.82, 2.24) is 10.2 Å². The maximum Gasteiger partial charge on any atom is 0.257 e. The molecule has 5 nitrogen and oxygen atoms in total. The van der Waals surface area contributed by atoms with E-state index in [1.165, 1.54) is 24.2 Å². The summed E-state index contributed by atoms with van der Waals surface area (Å²) < 4.78 is 5.68. The Morgan fingerprint density at radius 1 is 1.15 bits per heavy atom. The minimum atomic E-state index is -0.236. The largest absolute Gasteiger partial charge is 0.493 e. The number of nitrogens with one attached hydrogen (secondary N) is 1. The van der Waals surface area contributed by atoms with Gasteiger partial charge in [-0.15, -0.1) is 10.2 Å². The third-order valence-corrected chi connectivity index (χ3v) is 5.25. The van der Waals surface area contributed by atoms with Crippen molar-refractivity contribution < 1.29 is 9.53 Å². The molecule has 0 aliphatic heterocycles. The Morgan fingerprint density at radius 2 is 1.92 bits per heavy atom. The molecule has 1 fully saturated rings. The van der Waals surface area contributed by atoms with Crippen LogP contribution in [0.5, 0.6) is 5.75 Å². The molecule has 0 bridgehead atoms. The molecule has 0 atom stereocenters. The quantitative estimate of drug-likeness (QED) is 0.655. The number of hydrogen-bond acceptors (Lipinski definition) is 5. The fourth-order valence-electron chi connectivity index (χ4n) is 2.39. The fraction of sp³-hybridized carbons (Fsp3) is 0.211. The van der Waals surface area contributed by atoms with Gasteiger partial charge in [0.1, 0.15) is 5.75 Å². The summed E-state index contributed by atoms with van der Waals surface area (Å²) in [6, 6.07) is 14.5. The maximum atomic E-state index is 12.4. The molecule has 7 heteroatoms. The minimum Gasteiger partial charge on any atom is -0.493 e. The van der Waals surface area contributed by atoms with Gasteiger partial charge >= 0.3 is 0 Å². The summed E-state index contributed by atoms with van der Waals surface area (Å²) in [6.45, 7) is 0.751. The van der Waals surface area contributed by atoms with Crippen LogP contribution in [0.4, 0.5) is 5.13 Å². The molecule has 0 radical (unpaired) electrons. The molecule has 132 valence electrons. The van der Waals surface area contributed by atoms with Crippen LogP contribution < -0.4 is 10.1 Å². The van der Waals surface area contributed by atoms with Gasteiger partial charge in [-0.2, -0.15) is 0 Å². The monoisotopic (exact) mass is 385 g/mol. The molecule has 1 aliphatic carbocycles. The lowest BCUT2D eigenvalue weighted by Crippen LogP contribution is -2.11. The molecule has 3 aromatic rings. The van der Waals surface area contributed by atoms with Gasteiger partial charge < -0.3 is 4.74 Å². The van der Waals surface area contributed by atoms with E-state index in [0.717, 1.165) is 17.9 Å². The summed E-state index contributed by atoms with van der Waals surface area (Å²) in [5.41, 5.74) is 1.34. The normalized spacial score (nSPS) is 13.4. The van der Waals surface area contributed by atoms with Gasteiger partial charge in [0, 0.05) is 11.1 Å². The topological polar surface area (TPSA) is 64.1 Å². The number of benzene rings is 2. The predicted octanol–water partition coefficient (Wildman–Crippen LogP) is 4.90. The van der Waals surface area contributed by atoms with Gasteiger partial charge in [0.25, 0.3) is 5.91 Å². The smallest absolute Gasteiger partial charge is 0.257 e. The number of amides is 1. The summed E-state index contributed by atoms with van der Waals surface area (Å²) in [7, 11) is 0.